The fraction of sp³-hybridized carbons (Fsp3) is 1.00. The lowest BCUT2D eigenvalue weighted by atomic mass is 9.88. The maximum absolute atomic E-state index is 5.90. The van der Waals surface area contributed by atoms with Crippen molar-refractivity contribution in [3.63, 3.8) is 0 Å². The third-order valence-corrected chi connectivity index (χ3v) is 5.03. The van der Waals surface area contributed by atoms with E-state index < -0.39 is 0 Å². The first kappa shape index (κ1) is 17.0. The minimum absolute atomic E-state index is 0.250. The highest BCUT2D eigenvalue weighted by Gasteiger charge is 2.27. The van der Waals surface area contributed by atoms with Crippen molar-refractivity contribution in [3.05, 3.63) is 0 Å². The number of rotatable bonds is 6. The fourth-order valence-electron chi connectivity index (χ4n) is 3.46. The van der Waals surface area contributed by atoms with Crippen LogP contribution in [0.3, 0.4) is 0 Å². The molecule has 2 N–H and O–H groups in total. The summed E-state index contributed by atoms with van der Waals surface area (Å²) in [4.78, 5) is 2.69. The van der Waals surface area contributed by atoms with Crippen LogP contribution in [-0.2, 0) is 0 Å². The Morgan fingerprint density at radius 3 is 2.37 bits per heavy atom. The van der Waals surface area contributed by atoms with Gasteiger partial charge in [-0.3, -0.25) is 0 Å². The van der Waals surface area contributed by atoms with E-state index in [1.54, 1.807) is 0 Å². The van der Waals surface area contributed by atoms with Crippen LogP contribution in [0.2, 0.25) is 0 Å². The molecule has 0 amide bonds. The molecule has 114 valence electrons. The molecular weight excluding hydrogens is 232 g/mol. The molecule has 0 aromatic carbocycles. The molecular formula is C17H36N2. The number of nitrogens with two attached hydrogens (primary N) is 1. The zero-order chi connectivity index (χ0) is 14.5. The average Bonchev–Trinajstić information content (AvgIpc) is 2.61. The monoisotopic (exact) mass is 268 g/mol. The van der Waals surface area contributed by atoms with E-state index in [2.05, 4.69) is 39.5 Å². The number of nitrogens with zero attached hydrogens (tertiary/aromatic N) is 1. The third kappa shape index (κ3) is 5.43. The highest BCUT2D eigenvalue weighted by atomic mass is 15.2. The van der Waals surface area contributed by atoms with Crippen molar-refractivity contribution in [1.29, 1.82) is 0 Å². The molecule has 0 aliphatic heterocycles. The van der Waals surface area contributed by atoms with E-state index >= 15 is 0 Å². The maximum atomic E-state index is 5.90. The first-order valence-electron chi connectivity index (χ1n) is 8.33. The van der Waals surface area contributed by atoms with Crippen molar-refractivity contribution in [3.8, 4) is 0 Å². The minimum Gasteiger partial charge on any atom is -0.330 e. The van der Waals surface area contributed by atoms with Gasteiger partial charge in [0.2, 0.25) is 0 Å². The Bertz CT molecular complexity index is 248. The predicted octanol–water partition coefficient (Wildman–Crippen LogP) is 3.90. The van der Waals surface area contributed by atoms with Crippen molar-refractivity contribution in [1.82, 2.24) is 4.90 Å². The van der Waals surface area contributed by atoms with E-state index in [-0.39, 0.29) is 5.41 Å². The molecule has 1 saturated carbocycles. The molecule has 1 aliphatic rings. The standard InChI is InChI=1S/C17H36N2/c1-6-19(13-17(4,5)12-18)16-9-7-8-15(10-11-16)14(2)3/h14-16H,6-13,18H2,1-5H3. The van der Waals surface area contributed by atoms with Gasteiger partial charge in [0.15, 0.2) is 0 Å². The quantitative estimate of drug-likeness (QED) is 0.740. The normalized spacial score (nSPS) is 25.9. The predicted molar refractivity (Wildman–Crippen MR) is 85.3 cm³/mol. The van der Waals surface area contributed by atoms with Crippen molar-refractivity contribution in [2.45, 2.75) is 72.8 Å². The summed E-state index contributed by atoms with van der Waals surface area (Å²) in [5.41, 5.74) is 6.15. The largest absolute Gasteiger partial charge is 0.330 e. The van der Waals surface area contributed by atoms with Crippen LogP contribution in [0.1, 0.15) is 66.7 Å². The molecule has 19 heavy (non-hydrogen) atoms. The maximum Gasteiger partial charge on any atom is 0.00954 e. The van der Waals surface area contributed by atoms with Gasteiger partial charge in [-0.25, -0.2) is 0 Å². The van der Waals surface area contributed by atoms with E-state index in [1.807, 2.05) is 0 Å². The van der Waals surface area contributed by atoms with Crippen LogP contribution in [0.25, 0.3) is 0 Å². The van der Waals surface area contributed by atoms with Gasteiger partial charge in [0.1, 0.15) is 0 Å². The smallest absolute Gasteiger partial charge is 0.00954 e. The Morgan fingerprint density at radius 1 is 1.16 bits per heavy atom. The SMILES string of the molecule is CCN(CC(C)(C)CN)C1CCCC(C(C)C)CC1. The summed E-state index contributed by atoms with van der Waals surface area (Å²) in [6, 6.07) is 0.791. The van der Waals surface area contributed by atoms with Gasteiger partial charge < -0.3 is 10.6 Å². The topological polar surface area (TPSA) is 29.3 Å². The van der Waals surface area contributed by atoms with Gasteiger partial charge in [-0.15, -0.1) is 0 Å². The molecule has 0 spiro atoms. The lowest BCUT2D eigenvalue weighted by molar-refractivity contribution is 0.126. The Balaban J connectivity index is 2.57. The van der Waals surface area contributed by atoms with Crippen molar-refractivity contribution in [2.24, 2.45) is 23.0 Å². The zero-order valence-corrected chi connectivity index (χ0v) is 13.9. The summed E-state index contributed by atoms with van der Waals surface area (Å²) in [6.07, 6.45) is 7.04. The second-order valence-electron chi connectivity index (χ2n) is 7.60. The van der Waals surface area contributed by atoms with E-state index in [0.717, 1.165) is 31.0 Å². The van der Waals surface area contributed by atoms with Crippen LogP contribution in [0.15, 0.2) is 0 Å². The van der Waals surface area contributed by atoms with Crippen LogP contribution < -0.4 is 5.73 Å². The molecule has 1 aliphatic carbocycles. The molecule has 0 saturated heterocycles. The number of hydrogen-bond donors (Lipinski definition) is 1. The highest BCUT2D eigenvalue weighted by Crippen LogP contribution is 2.31. The van der Waals surface area contributed by atoms with E-state index in [1.165, 1.54) is 38.6 Å². The summed E-state index contributed by atoms with van der Waals surface area (Å²) >= 11 is 0. The first-order chi connectivity index (χ1) is 8.89. The van der Waals surface area contributed by atoms with Gasteiger partial charge in [-0.1, -0.05) is 47.5 Å². The zero-order valence-electron chi connectivity index (χ0n) is 13.9. The molecule has 0 heterocycles. The van der Waals surface area contributed by atoms with Gasteiger partial charge in [-0.2, -0.15) is 0 Å². The fourth-order valence-corrected chi connectivity index (χ4v) is 3.46. The van der Waals surface area contributed by atoms with Gasteiger partial charge >= 0.3 is 0 Å². The van der Waals surface area contributed by atoms with Gasteiger partial charge in [0, 0.05) is 12.6 Å². The second-order valence-corrected chi connectivity index (χ2v) is 7.60. The Morgan fingerprint density at radius 2 is 1.84 bits per heavy atom. The molecule has 0 bridgehead atoms. The summed E-state index contributed by atoms with van der Waals surface area (Å²) in [6.45, 7) is 14.8. The molecule has 0 aromatic heterocycles. The summed E-state index contributed by atoms with van der Waals surface area (Å²) in [5, 5.41) is 0. The minimum atomic E-state index is 0.250. The molecule has 1 fully saturated rings. The van der Waals surface area contributed by atoms with Crippen molar-refractivity contribution >= 4 is 0 Å². The van der Waals surface area contributed by atoms with E-state index in [9.17, 15) is 0 Å². The summed E-state index contributed by atoms with van der Waals surface area (Å²) in [5.74, 6) is 1.81. The summed E-state index contributed by atoms with van der Waals surface area (Å²) < 4.78 is 0. The highest BCUT2D eigenvalue weighted by molar-refractivity contribution is 4.82. The van der Waals surface area contributed by atoms with Gasteiger partial charge in [0.25, 0.3) is 0 Å². The molecule has 2 nitrogen and oxygen atoms in total. The molecule has 2 unspecified atom stereocenters. The van der Waals surface area contributed by atoms with Crippen molar-refractivity contribution in [2.75, 3.05) is 19.6 Å². The summed E-state index contributed by atoms with van der Waals surface area (Å²) in [7, 11) is 0. The van der Waals surface area contributed by atoms with Crippen LogP contribution in [0.5, 0.6) is 0 Å². The van der Waals surface area contributed by atoms with Crippen LogP contribution in [0, 0.1) is 17.3 Å². The first-order valence-corrected chi connectivity index (χ1v) is 8.33. The Hall–Kier alpha value is -0.0800. The third-order valence-electron chi connectivity index (χ3n) is 5.03. The lowest BCUT2D eigenvalue weighted by Gasteiger charge is -2.36. The van der Waals surface area contributed by atoms with Crippen LogP contribution in [0.4, 0.5) is 0 Å². The molecule has 2 atom stereocenters. The Kier molecular flexibility index (Phi) is 6.82. The van der Waals surface area contributed by atoms with Gasteiger partial charge in [-0.05, 0) is 49.6 Å². The average molecular weight is 268 g/mol. The molecule has 0 aromatic rings. The van der Waals surface area contributed by atoms with E-state index in [4.69, 9.17) is 5.73 Å². The lowest BCUT2D eigenvalue weighted by Crippen LogP contribution is -2.44. The second kappa shape index (κ2) is 7.64. The molecule has 2 heteroatoms. The van der Waals surface area contributed by atoms with Crippen molar-refractivity contribution < 1.29 is 0 Å². The molecule has 0 radical (unpaired) electrons. The molecule has 1 rings (SSSR count). The number of hydrogen-bond acceptors (Lipinski definition) is 2. The van der Waals surface area contributed by atoms with Crippen LogP contribution in [-0.4, -0.2) is 30.6 Å². The van der Waals surface area contributed by atoms with E-state index in [0.29, 0.717) is 0 Å². The van der Waals surface area contributed by atoms with Gasteiger partial charge in [0.05, 0.1) is 0 Å². The van der Waals surface area contributed by atoms with Crippen LogP contribution >= 0.6 is 0 Å². The Labute approximate surface area is 121 Å².